The van der Waals surface area contributed by atoms with Gasteiger partial charge in [-0.1, -0.05) is 12.1 Å². The fourth-order valence-corrected chi connectivity index (χ4v) is 3.57. The van der Waals surface area contributed by atoms with E-state index in [2.05, 4.69) is 33.2 Å². The maximum Gasteiger partial charge on any atom is 0.408 e. The van der Waals surface area contributed by atoms with Gasteiger partial charge in [0, 0.05) is 23.2 Å². The van der Waals surface area contributed by atoms with Crippen LogP contribution in [0, 0.1) is 9.49 Å². The number of rotatable bonds is 5. The molecule has 0 aromatic heterocycles. The van der Waals surface area contributed by atoms with Crippen molar-refractivity contribution in [3.8, 4) is 0 Å². The summed E-state index contributed by atoms with van der Waals surface area (Å²) >= 11 is 2.15. The second kappa shape index (κ2) is 10.1. The molecule has 1 aromatic rings. The van der Waals surface area contributed by atoms with Crippen molar-refractivity contribution in [2.45, 2.75) is 39.2 Å². The summed E-state index contributed by atoms with van der Waals surface area (Å²) in [7, 11) is 0. The second-order valence-electron chi connectivity index (χ2n) is 7.87. The Morgan fingerprint density at radius 3 is 2.39 bits per heavy atom. The molecule has 2 N–H and O–H groups in total. The lowest BCUT2D eigenvalue weighted by Gasteiger charge is -2.32. The topological polar surface area (TPSA) is 87.7 Å². The molecule has 1 heterocycles. The summed E-state index contributed by atoms with van der Waals surface area (Å²) in [6, 6.07) is 7.48. The van der Waals surface area contributed by atoms with Crippen LogP contribution in [0.5, 0.6) is 0 Å². The van der Waals surface area contributed by atoms with Gasteiger partial charge in [-0.15, -0.1) is 0 Å². The van der Waals surface area contributed by atoms with Gasteiger partial charge in [0.05, 0.1) is 5.56 Å². The average Bonchev–Trinajstić information content (AvgIpc) is 2.63. The van der Waals surface area contributed by atoms with Crippen LogP contribution in [0.3, 0.4) is 0 Å². The van der Waals surface area contributed by atoms with E-state index in [0.29, 0.717) is 31.1 Å². The summed E-state index contributed by atoms with van der Waals surface area (Å²) in [5.41, 5.74) is 0.0946. The zero-order valence-corrected chi connectivity index (χ0v) is 18.7. The van der Waals surface area contributed by atoms with Gasteiger partial charge in [0.15, 0.2) is 0 Å². The SMILES string of the molecule is CC(C)(C)OC(=O)NCC(=O)N1CCC(CNC(=O)c2ccccc2I)CC1. The fraction of sp³-hybridized carbons (Fsp3) is 0.550. The second-order valence-corrected chi connectivity index (χ2v) is 9.03. The van der Waals surface area contributed by atoms with Crippen LogP contribution in [0.15, 0.2) is 24.3 Å². The summed E-state index contributed by atoms with van der Waals surface area (Å²) < 4.78 is 6.06. The van der Waals surface area contributed by atoms with Crippen molar-refractivity contribution in [3.63, 3.8) is 0 Å². The smallest absolute Gasteiger partial charge is 0.408 e. The Morgan fingerprint density at radius 1 is 1.14 bits per heavy atom. The van der Waals surface area contributed by atoms with E-state index in [0.717, 1.165) is 16.4 Å². The van der Waals surface area contributed by atoms with Gasteiger partial charge in [0.1, 0.15) is 12.1 Å². The molecule has 0 unspecified atom stereocenters. The number of hydrogen-bond acceptors (Lipinski definition) is 4. The van der Waals surface area contributed by atoms with Crippen LogP contribution in [0.25, 0.3) is 0 Å². The first-order chi connectivity index (χ1) is 13.2. The van der Waals surface area contributed by atoms with Crippen molar-refractivity contribution in [1.82, 2.24) is 15.5 Å². The van der Waals surface area contributed by atoms with Crippen LogP contribution >= 0.6 is 22.6 Å². The first-order valence-corrected chi connectivity index (χ1v) is 10.5. The third-order valence-corrected chi connectivity index (χ3v) is 5.36. The molecule has 1 aromatic carbocycles. The molecule has 0 radical (unpaired) electrons. The summed E-state index contributed by atoms with van der Waals surface area (Å²) in [4.78, 5) is 37.9. The number of benzene rings is 1. The van der Waals surface area contributed by atoms with Crippen molar-refractivity contribution in [3.05, 3.63) is 33.4 Å². The van der Waals surface area contributed by atoms with E-state index in [4.69, 9.17) is 4.74 Å². The number of likely N-dealkylation sites (tertiary alicyclic amines) is 1. The number of carbonyl (C=O) groups is 3. The highest BCUT2D eigenvalue weighted by Gasteiger charge is 2.24. The molecule has 0 bridgehead atoms. The van der Waals surface area contributed by atoms with E-state index in [1.165, 1.54) is 0 Å². The Morgan fingerprint density at radius 2 is 1.79 bits per heavy atom. The molecule has 0 saturated carbocycles. The lowest BCUT2D eigenvalue weighted by atomic mass is 9.96. The number of nitrogens with zero attached hydrogens (tertiary/aromatic N) is 1. The van der Waals surface area contributed by atoms with Crippen LogP contribution in [0.1, 0.15) is 44.0 Å². The van der Waals surface area contributed by atoms with Gasteiger partial charge < -0.3 is 20.3 Å². The van der Waals surface area contributed by atoms with E-state index in [-0.39, 0.29) is 18.4 Å². The van der Waals surface area contributed by atoms with Gasteiger partial charge in [-0.05, 0) is 74.3 Å². The molecule has 154 valence electrons. The molecule has 2 rings (SSSR count). The van der Waals surface area contributed by atoms with Gasteiger partial charge in [-0.25, -0.2) is 4.79 Å². The number of alkyl carbamates (subject to hydrolysis) is 1. The number of halogens is 1. The molecule has 1 aliphatic rings. The quantitative estimate of drug-likeness (QED) is 0.608. The van der Waals surface area contributed by atoms with E-state index in [1.54, 1.807) is 25.7 Å². The van der Waals surface area contributed by atoms with E-state index >= 15 is 0 Å². The third-order valence-electron chi connectivity index (χ3n) is 4.42. The van der Waals surface area contributed by atoms with Crippen LogP contribution in [-0.4, -0.2) is 54.6 Å². The van der Waals surface area contributed by atoms with Crippen LogP contribution < -0.4 is 10.6 Å². The van der Waals surface area contributed by atoms with Crippen molar-refractivity contribution in [2.75, 3.05) is 26.2 Å². The molecular weight excluding hydrogens is 473 g/mol. The van der Waals surface area contributed by atoms with Gasteiger partial charge in [0.25, 0.3) is 5.91 Å². The Kier molecular flexibility index (Phi) is 8.09. The van der Waals surface area contributed by atoms with E-state index < -0.39 is 11.7 Å². The molecule has 1 fully saturated rings. The summed E-state index contributed by atoms with van der Waals surface area (Å²) in [5, 5.41) is 5.50. The number of nitrogens with one attached hydrogen (secondary N) is 2. The summed E-state index contributed by atoms with van der Waals surface area (Å²) in [6.07, 6.45) is 1.06. The zero-order chi connectivity index (χ0) is 20.7. The molecule has 1 aliphatic heterocycles. The molecule has 0 spiro atoms. The standard InChI is InChI=1S/C20H28IN3O4/c1-20(2,3)28-19(27)23-13-17(25)24-10-8-14(9-11-24)12-22-18(26)15-6-4-5-7-16(15)21/h4-7,14H,8-13H2,1-3H3,(H,22,26)(H,23,27). The molecule has 7 nitrogen and oxygen atoms in total. The van der Waals surface area contributed by atoms with E-state index in [1.807, 2.05) is 24.3 Å². The van der Waals surface area contributed by atoms with Crippen LogP contribution in [0.2, 0.25) is 0 Å². The molecule has 3 amide bonds. The summed E-state index contributed by atoms with van der Waals surface area (Å²) in [6.45, 7) is 7.10. The van der Waals surface area contributed by atoms with Crippen molar-refractivity contribution in [2.24, 2.45) is 5.92 Å². The molecule has 0 atom stereocenters. The molecule has 1 saturated heterocycles. The Hall–Kier alpha value is -1.84. The van der Waals surface area contributed by atoms with E-state index in [9.17, 15) is 14.4 Å². The van der Waals surface area contributed by atoms with Crippen LogP contribution in [-0.2, 0) is 9.53 Å². The van der Waals surface area contributed by atoms with Crippen molar-refractivity contribution in [1.29, 1.82) is 0 Å². The number of ether oxygens (including phenoxy) is 1. The number of amides is 3. The Bertz CT molecular complexity index is 710. The zero-order valence-electron chi connectivity index (χ0n) is 16.6. The van der Waals surface area contributed by atoms with Crippen LogP contribution in [0.4, 0.5) is 4.79 Å². The summed E-state index contributed by atoms with van der Waals surface area (Å²) in [5.74, 6) is 0.158. The minimum absolute atomic E-state index is 0.0648. The van der Waals surface area contributed by atoms with Gasteiger partial charge in [0.2, 0.25) is 5.91 Å². The average molecular weight is 501 g/mol. The van der Waals surface area contributed by atoms with Gasteiger partial charge in [-0.2, -0.15) is 0 Å². The minimum atomic E-state index is -0.590. The number of hydrogen-bond donors (Lipinski definition) is 2. The molecule has 28 heavy (non-hydrogen) atoms. The maximum atomic E-state index is 12.3. The fourth-order valence-electron chi connectivity index (χ4n) is 2.94. The molecule has 0 aliphatic carbocycles. The monoisotopic (exact) mass is 501 g/mol. The highest BCUT2D eigenvalue weighted by Crippen LogP contribution is 2.17. The van der Waals surface area contributed by atoms with Gasteiger partial charge >= 0.3 is 6.09 Å². The lowest BCUT2D eigenvalue weighted by Crippen LogP contribution is -2.46. The minimum Gasteiger partial charge on any atom is -0.444 e. The molecular formula is C20H28IN3O4. The molecule has 8 heteroatoms. The Balaban J connectivity index is 1.69. The normalized spacial score (nSPS) is 15.1. The first-order valence-electron chi connectivity index (χ1n) is 9.43. The van der Waals surface area contributed by atoms with Gasteiger partial charge in [-0.3, -0.25) is 9.59 Å². The predicted molar refractivity (Wildman–Crippen MR) is 115 cm³/mol. The third kappa shape index (κ3) is 7.29. The number of piperidine rings is 1. The maximum absolute atomic E-state index is 12.3. The predicted octanol–water partition coefficient (Wildman–Crippen LogP) is 2.78. The first kappa shape index (κ1) is 22.4. The lowest BCUT2D eigenvalue weighted by molar-refractivity contribution is -0.131. The van der Waals surface area contributed by atoms with Crippen molar-refractivity contribution < 1.29 is 19.1 Å². The van der Waals surface area contributed by atoms with Crippen molar-refractivity contribution >= 4 is 40.5 Å². The highest BCUT2D eigenvalue weighted by molar-refractivity contribution is 14.1. The highest BCUT2D eigenvalue weighted by atomic mass is 127. The number of carbonyl (C=O) groups excluding carboxylic acids is 3. The Labute approximate surface area is 179 Å². The largest absolute Gasteiger partial charge is 0.444 e.